The van der Waals surface area contributed by atoms with Gasteiger partial charge in [-0.05, 0) is 38.9 Å². The molecule has 0 spiro atoms. The van der Waals surface area contributed by atoms with Crippen LogP contribution in [-0.4, -0.2) is 31.7 Å². The Kier molecular flexibility index (Phi) is 11.3. The van der Waals surface area contributed by atoms with Crippen molar-refractivity contribution in [3.05, 3.63) is 57.6 Å². The molecule has 0 fully saturated rings. The molecule has 0 atom stereocenters. The number of hydrogen-bond acceptors (Lipinski definition) is 3. The Labute approximate surface area is 185 Å². The number of nitrogens with one attached hydrogen (secondary N) is 2. The van der Waals surface area contributed by atoms with E-state index in [1.807, 2.05) is 0 Å². The monoisotopic (exact) mass is 467 g/mol. The van der Waals surface area contributed by atoms with E-state index in [2.05, 4.69) is 88.4 Å². The molecule has 28 heavy (non-hydrogen) atoms. The van der Waals surface area contributed by atoms with Crippen LogP contribution in [0, 0.1) is 47.6 Å². The number of halogens is 2. The third kappa shape index (κ3) is 8.22. The molecule has 2 N–H and O–H groups in total. The van der Waals surface area contributed by atoms with Gasteiger partial charge in [0.2, 0.25) is 0 Å². The SMILES string of the molecule is Cc1[c-]c(C)c(NCN(C)CCNc2c(C)cc(C)cc2C)c(C)c1.[Cl][Co+][Cl]. The Morgan fingerprint density at radius 2 is 1.43 bits per heavy atom. The summed E-state index contributed by atoms with van der Waals surface area (Å²) in [5, 5.41) is 7.15. The Balaban J connectivity index is 0.00000122. The van der Waals surface area contributed by atoms with E-state index in [4.69, 9.17) is 20.3 Å². The summed E-state index contributed by atoms with van der Waals surface area (Å²) in [7, 11) is 11.6. The molecule has 2 rings (SSSR count). The summed E-state index contributed by atoms with van der Waals surface area (Å²) >= 11 is 0.382. The van der Waals surface area contributed by atoms with Crippen molar-refractivity contribution >= 4 is 31.7 Å². The van der Waals surface area contributed by atoms with E-state index < -0.39 is 0 Å². The number of likely N-dealkylation sites (N-methyl/N-ethyl adjacent to an activating group) is 1. The predicted molar refractivity (Wildman–Crippen MR) is 121 cm³/mol. The summed E-state index contributed by atoms with van der Waals surface area (Å²) in [5.74, 6) is 0. The molecule has 0 unspecified atom stereocenters. The van der Waals surface area contributed by atoms with Crippen molar-refractivity contribution in [3.63, 3.8) is 0 Å². The van der Waals surface area contributed by atoms with Crippen LogP contribution in [0.15, 0.2) is 18.2 Å². The molecular formula is C22H32Cl2CoN3. The maximum atomic E-state index is 4.73. The van der Waals surface area contributed by atoms with Crippen LogP contribution >= 0.6 is 20.3 Å². The van der Waals surface area contributed by atoms with Crippen LogP contribution in [-0.2, 0) is 12.9 Å². The number of benzene rings is 2. The first kappa shape index (κ1) is 25.1. The number of anilines is 2. The van der Waals surface area contributed by atoms with E-state index in [-0.39, 0.29) is 0 Å². The molecule has 2 aromatic carbocycles. The second-order valence-corrected chi connectivity index (χ2v) is 9.02. The molecule has 158 valence electrons. The molecule has 0 heterocycles. The normalized spacial score (nSPS) is 10.6. The standard InChI is InChI=1S/C22H32N3.2ClH.Co/c1-15-10-17(3)21(18(4)11-15)23-8-9-25(7)14-24-22-19(5)12-16(2)13-20(22)6;;;/h10-12,23-24H,8-9,14H2,1-7H3;2*1H;/q-1;;;+3/p-2. The Morgan fingerprint density at radius 1 is 0.893 bits per heavy atom. The molecule has 0 amide bonds. The van der Waals surface area contributed by atoms with Crippen molar-refractivity contribution in [1.29, 1.82) is 0 Å². The van der Waals surface area contributed by atoms with Gasteiger partial charge in [0.15, 0.2) is 0 Å². The molecule has 0 aliphatic carbocycles. The van der Waals surface area contributed by atoms with Gasteiger partial charge in [0.05, 0.1) is 6.67 Å². The number of rotatable bonds is 7. The van der Waals surface area contributed by atoms with Gasteiger partial charge >= 0.3 is 33.2 Å². The van der Waals surface area contributed by atoms with Crippen LogP contribution in [0.5, 0.6) is 0 Å². The van der Waals surface area contributed by atoms with E-state index in [1.54, 1.807) is 0 Å². The Morgan fingerprint density at radius 3 is 1.96 bits per heavy atom. The number of aryl methyl sites for hydroxylation is 6. The average Bonchev–Trinajstić information content (AvgIpc) is 2.57. The van der Waals surface area contributed by atoms with Gasteiger partial charge < -0.3 is 10.6 Å². The summed E-state index contributed by atoms with van der Waals surface area (Å²) in [6.07, 6.45) is 0. The molecule has 0 radical (unpaired) electrons. The summed E-state index contributed by atoms with van der Waals surface area (Å²) in [6, 6.07) is 10.0. The van der Waals surface area contributed by atoms with Crippen LogP contribution < -0.4 is 10.6 Å². The predicted octanol–water partition coefficient (Wildman–Crippen LogP) is 6.13. The maximum absolute atomic E-state index is 4.73. The van der Waals surface area contributed by atoms with Gasteiger partial charge in [-0.2, -0.15) is 17.7 Å². The molecule has 0 bridgehead atoms. The minimum atomic E-state index is 0.382. The van der Waals surface area contributed by atoms with Crippen molar-refractivity contribution < 1.29 is 12.9 Å². The topological polar surface area (TPSA) is 27.3 Å². The van der Waals surface area contributed by atoms with Crippen molar-refractivity contribution in [3.8, 4) is 0 Å². The van der Waals surface area contributed by atoms with Crippen molar-refractivity contribution in [2.24, 2.45) is 0 Å². The summed E-state index contributed by atoms with van der Waals surface area (Å²) < 4.78 is 0. The van der Waals surface area contributed by atoms with Crippen LogP contribution in [0.1, 0.15) is 33.4 Å². The first-order valence-electron chi connectivity index (χ1n) is 9.27. The van der Waals surface area contributed by atoms with Gasteiger partial charge in [-0.3, -0.25) is 4.90 Å². The molecular weight excluding hydrogens is 436 g/mol. The van der Waals surface area contributed by atoms with Crippen LogP contribution in [0.25, 0.3) is 0 Å². The third-order valence-corrected chi connectivity index (χ3v) is 4.59. The molecule has 0 aliphatic heterocycles. The van der Waals surface area contributed by atoms with E-state index in [0.29, 0.717) is 12.9 Å². The van der Waals surface area contributed by atoms with E-state index >= 15 is 0 Å². The molecule has 0 saturated heterocycles. The van der Waals surface area contributed by atoms with E-state index in [9.17, 15) is 0 Å². The number of nitrogens with zero attached hydrogens (tertiary/aromatic N) is 1. The summed E-state index contributed by atoms with van der Waals surface area (Å²) in [6.45, 7) is 15.6. The fraction of sp³-hybridized carbons (Fsp3) is 0.455. The quantitative estimate of drug-likeness (QED) is 0.378. The number of hydrogen-bond donors (Lipinski definition) is 2. The molecule has 6 heteroatoms. The molecule has 0 aromatic heterocycles. The van der Waals surface area contributed by atoms with Crippen molar-refractivity contribution in [2.75, 3.05) is 37.4 Å². The molecule has 0 saturated carbocycles. The minimum absolute atomic E-state index is 0.382. The third-order valence-electron chi connectivity index (χ3n) is 4.59. The van der Waals surface area contributed by atoms with Crippen molar-refractivity contribution in [1.82, 2.24) is 4.90 Å². The fourth-order valence-electron chi connectivity index (χ4n) is 3.48. The van der Waals surface area contributed by atoms with E-state index in [0.717, 1.165) is 19.8 Å². The zero-order valence-corrected chi connectivity index (χ0v) is 20.4. The van der Waals surface area contributed by atoms with Crippen LogP contribution in [0.2, 0.25) is 0 Å². The molecule has 2 aromatic rings. The second kappa shape index (κ2) is 12.6. The average molecular weight is 468 g/mol. The fourth-order valence-corrected chi connectivity index (χ4v) is 3.48. The van der Waals surface area contributed by atoms with Gasteiger partial charge in [0.1, 0.15) is 0 Å². The van der Waals surface area contributed by atoms with Crippen LogP contribution in [0.3, 0.4) is 0 Å². The first-order chi connectivity index (χ1) is 13.2. The summed E-state index contributed by atoms with van der Waals surface area (Å²) in [4.78, 5) is 2.30. The van der Waals surface area contributed by atoms with Gasteiger partial charge in [0, 0.05) is 18.8 Å². The molecule has 3 nitrogen and oxygen atoms in total. The van der Waals surface area contributed by atoms with Gasteiger partial charge in [-0.1, -0.05) is 44.2 Å². The Hall–Kier alpha value is -0.914. The zero-order valence-electron chi connectivity index (χ0n) is 17.9. The van der Waals surface area contributed by atoms with Crippen molar-refractivity contribution in [2.45, 2.75) is 41.5 Å². The van der Waals surface area contributed by atoms with E-state index in [1.165, 1.54) is 44.8 Å². The Bertz CT molecular complexity index is 719. The van der Waals surface area contributed by atoms with Gasteiger partial charge in [-0.15, -0.1) is 11.1 Å². The van der Waals surface area contributed by atoms with Gasteiger partial charge in [0.25, 0.3) is 0 Å². The van der Waals surface area contributed by atoms with Gasteiger partial charge in [-0.25, -0.2) is 0 Å². The second-order valence-electron chi connectivity index (χ2n) is 7.30. The summed E-state index contributed by atoms with van der Waals surface area (Å²) in [5.41, 5.74) is 10.1. The zero-order chi connectivity index (χ0) is 21.3. The molecule has 0 aliphatic rings. The van der Waals surface area contributed by atoms with Crippen LogP contribution in [0.4, 0.5) is 11.4 Å². The first-order valence-corrected chi connectivity index (χ1v) is 12.1.